The van der Waals surface area contributed by atoms with E-state index in [1.165, 1.54) is 12.1 Å². The van der Waals surface area contributed by atoms with Gasteiger partial charge in [0.25, 0.3) is 5.91 Å². The summed E-state index contributed by atoms with van der Waals surface area (Å²) in [4.78, 5) is 36.4. The first-order chi connectivity index (χ1) is 14.4. The number of urea groups is 1. The average Bonchev–Trinajstić information content (AvgIpc) is 3.25. The van der Waals surface area contributed by atoms with Crippen LogP contribution in [0.15, 0.2) is 35.2 Å². The number of carbonyl (C=O) groups excluding carboxylic acids is 3. The molecule has 30 heavy (non-hydrogen) atoms. The number of ether oxygens (including phenoxy) is 1. The zero-order valence-corrected chi connectivity index (χ0v) is 17.5. The van der Waals surface area contributed by atoms with E-state index < -0.39 is 40.6 Å². The number of nitrogens with one attached hydrogen (secondary N) is 2. The molecule has 0 spiro atoms. The van der Waals surface area contributed by atoms with Crippen LogP contribution in [0.1, 0.15) is 44.9 Å². The van der Waals surface area contributed by atoms with Crippen molar-refractivity contribution < 1.29 is 27.5 Å². The van der Waals surface area contributed by atoms with Gasteiger partial charge in [0.05, 0.1) is 4.90 Å². The molecule has 0 aromatic heterocycles. The lowest BCUT2D eigenvalue weighted by Crippen LogP contribution is -2.49. The van der Waals surface area contributed by atoms with E-state index in [0.29, 0.717) is 19.3 Å². The Morgan fingerprint density at radius 3 is 2.37 bits per heavy atom. The second kappa shape index (κ2) is 10.0. The van der Waals surface area contributed by atoms with Crippen LogP contribution >= 0.6 is 0 Å². The van der Waals surface area contributed by atoms with E-state index in [1.54, 1.807) is 18.2 Å². The number of amides is 3. The van der Waals surface area contributed by atoms with E-state index in [2.05, 4.69) is 10.6 Å². The maximum atomic E-state index is 12.9. The van der Waals surface area contributed by atoms with Gasteiger partial charge in [-0.3, -0.25) is 14.9 Å². The topological polar surface area (TPSA) is 122 Å². The molecule has 1 saturated carbocycles. The Labute approximate surface area is 176 Å². The first-order valence-electron chi connectivity index (χ1n) is 10.2. The van der Waals surface area contributed by atoms with Crippen molar-refractivity contribution in [1.29, 1.82) is 0 Å². The van der Waals surface area contributed by atoms with Crippen LogP contribution in [0.4, 0.5) is 4.79 Å². The van der Waals surface area contributed by atoms with E-state index in [9.17, 15) is 22.8 Å². The lowest BCUT2D eigenvalue weighted by molar-refractivity contribution is -0.152. The second-order valence-electron chi connectivity index (χ2n) is 7.55. The third-order valence-electron chi connectivity index (χ3n) is 5.36. The van der Waals surface area contributed by atoms with Crippen LogP contribution in [0, 0.1) is 0 Å². The third-order valence-corrected chi connectivity index (χ3v) is 7.29. The van der Waals surface area contributed by atoms with Crippen LogP contribution in [0.5, 0.6) is 0 Å². The molecule has 2 aliphatic rings. The Morgan fingerprint density at radius 2 is 1.67 bits per heavy atom. The van der Waals surface area contributed by atoms with Crippen LogP contribution in [-0.2, 0) is 24.3 Å². The molecular formula is C20H27N3O6S. The SMILES string of the molecule is O=C(COC(=O)C1CCCCN1S(=O)(=O)c1ccccc1)NC(=O)NC1CCCC1. The summed E-state index contributed by atoms with van der Waals surface area (Å²) in [5.41, 5.74) is 0. The van der Waals surface area contributed by atoms with E-state index in [-0.39, 0.29) is 17.5 Å². The van der Waals surface area contributed by atoms with Gasteiger partial charge in [-0.25, -0.2) is 13.2 Å². The van der Waals surface area contributed by atoms with Crippen LogP contribution in [0.2, 0.25) is 0 Å². The van der Waals surface area contributed by atoms with Crippen LogP contribution in [0.3, 0.4) is 0 Å². The summed E-state index contributed by atoms with van der Waals surface area (Å²) >= 11 is 0. The van der Waals surface area contributed by atoms with E-state index in [1.807, 2.05) is 0 Å². The van der Waals surface area contributed by atoms with Crippen LogP contribution < -0.4 is 10.6 Å². The summed E-state index contributed by atoms with van der Waals surface area (Å²) in [5, 5.41) is 4.84. The van der Waals surface area contributed by atoms with Gasteiger partial charge in [0.1, 0.15) is 6.04 Å². The van der Waals surface area contributed by atoms with Crippen molar-refractivity contribution in [2.75, 3.05) is 13.2 Å². The molecule has 1 aromatic rings. The molecule has 10 heteroatoms. The molecule has 1 saturated heterocycles. The zero-order chi connectivity index (χ0) is 21.6. The van der Waals surface area contributed by atoms with Crippen molar-refractivity contribution in [2.24, 2.45) is 0 Å². The van der Waals surface area contributed by atoms with Crippen molar-refractivity contribution in [3.05, 3.63) is 30.3 Å². The maximum absolute atomic E-state index is 12.9. The number of hydrogen-bond acceptors (Lipinski definition) is 6. The molecule has 2 fully saturated rings. The van der Waals surface area contributed by atoms with Crippen molar-refractivity contribution in [1.82, 2.24) is 14.9 Å². The molecule has 1 atom stereocenters. The number of piperidine rings is 1. The van der Waals surface area contributed by atoms with Crippen molar-refractivity contribution in [3.8, 4) is 0 Å². The second-order valence-corrected chi connectivity index (χ2v) is 9.44. The minimum Gasteiger partial charge on any atom is -0.454 e. The Kier molecular flexibility index (Phi) is 7.43. The number of benzene rings is 1. The Balaban J connectivity index is 1.55. The smallest absolute Gasteiger partial charge is 0.324 e. The molecule has 3 rings (SSSR count). The molecule has 0 bridgehead atoms. The number of sulfonamides is 1. The molecule has 1 heterocycles. The van der Waals surface area contributed by atoms with Gasteiger partial charge in [-0.05, 0) is 44.2 Å². The molecule has 1 unspecified atom stereocenters. The monoisotopic (exact) mass is 437 g/mol. The average molecular weight is 438 g/mol. The maximum Gasteiger partial charge on any atom is 0.324 e. The standard InChI is InChI=1S/C20H27N3O6S/c24-18(22-20(26)21-15-8-4-5-9-15)14-29-19(25)17-12-6-7-13-23(17)30(27,28)16-10-2-1-3-11-16/h1-3,10-11,15,17H,4-9,12-14H2,(H2,21,22,24,26). The van der Waals surface area contributed by atoms with Gasteiger partial charge in [0.2, 0.25) is 10.0 Å². The van der Waals surface area contributed by atoms with Gasteiger partial charge in [-0.15, -0.1) is 0 Å². The van der Waals surface area contributed by atoms with Gasteiger partial charge in [-0.2, -0.15) is 4.31 Å². The van der Waals surface area contributed by atoms with Crippen LogP contribution in [-0.4, -0.2) is 55.9 Å². The van der Waals surface area contributed by atoms with Gasteiger partial charge in [0.15, 0.2) is 6.61 Å². The summed E-state index contributed by atoms with van der Waals surface area (Å²) in [6.07, 6.45) is 5.47. The number of hydrogen-bond donors (Lipinski definition) is 2. The number of nitrogens with zero attached hydrogens (tertiary/aromatic N) is 1. The normalized spacial score (nSPS) is 20.5. The lowest BCUT2D eigenvalue weighted by Gasteiger charge is -2.32. The molecule has 1 aliphatic heterocycles. The molecule has 2 N–H and O–H groups in total. The van der Waals surface area contributed by atoms with Gasteiger partial charge >= 0.3 is 12.0 Å². The summed E-state index contributed by atoms with van der Waals surface area (Å²) in [6.45, 7) is -0.445. The van der Waals surface area contributed by atoms with E-state index >= 15 is 0 Å². The minimum atomic E-state index is -3.86. The lowest BCUT2D eigenvalue weighted by atomic mass is 10.1. The molecule has 0 radical (unpaired) electrons. The Bertz CT molecular complexity index is 868. The van der Waals surface area contributed by atoms with Crippen LogP contribution in [0.25, 0.3) is 0 Å². The third kappa shape index (κ3) is 5.57. The highest BCUT2D eigenvalue weighted by atomic mass is 32.2. The van der Waals surface area contributed by atoms with E-state index in [0.717, 1.165) is 30.0 Å². The minimum absolute atomic E-state index is 0.0549. The van der Waals surface area contributed by atoms with E-state index in [4.69, 9.17) is 4.74 Å². The Hall–Kier alpha value is -2.46. The summed E-state index contributed by atoms with van der Waals surface area (Å²) < 4.78 is 32.0. The fraction of sp³-hybridized carbons (Fsp3) is 0.550. The molecule has 1 aliphatic carbocycles. The summed E-state index contributed by atoms with van der Waals surface area (Å²) in [7, 11) is -3.86. The predicted molar refractivity (Wildman–Crippen MR) is 108 cm³/mol. The van der Waals surface area contributed by atoms with Gasteiger partial charge in [0, 0.05) is 12.6 Å². The molecule has 9 nitrogen and oxygen atoms in total. The zero-order valence-electron chi connectivity index (χ0n) is 16.7. The quantitative estimate of drug-likeness (QED) is 0.651. The van der Waals surface area contributed by atoms with Gasteiger partial charge < -0.3 is 10.1 Å². The first kappa shape index (κ1) is 22.2. The van der Waals surface area contributed by atoms with Gasteiger partial charge in [-0.1, -0.05) is 31.0 Å². The fourth-order valence-electron chi connectivity index (χ4n) is 3.84. The molecule has 164 valence electrons. The van der Waals surface area contributed by atoms with Crippen molar-refractivity contribution >= 4 is 27.9 Å². The number of esters is 1. The largest absolute Gasteiger partial charge is 0.454 e. The predicted octanol–water partition coefficient (Wildman–Crippen LogP) is 1.54. The highest BCUT2D eigenvalue weighted by molar-refractivity contribution is 7.89. The fourth-order valence-corrected chi connectivity index (χ4v) is 5.51. The summed E-state index contributed by atoms with van der Waals surface area (Å²) in [5.74, 6) is -1.55. The van der Waals surface area contributed by atoms with Crippen molar-refractivity contribution in [2.45, 2.75) is 61.9 Å². The summed E-state index contributed by atoms with van der Waals surface area (Å²) in [6, 6.07) is 6.33. The Morgan fingerprint density at radius 1 is 1.00 bits per heavy atom. The first-order valence-corrected chi connectivity index (χ1v) is 11.7. The highest BCUT2D eigenvalue weighted by Gasteiger charge is 2.38. The molecular weight excluding hydrogens is 410 g/mol. The van der Waals surface area contributed by atoms with Crippen molar-refractivity contribution in [3.63, 3.8) is 0 Å². The number of carbonyl (C=O) groups is 3. The molecule has 1 aromatic carbocycles. The number of imide groups is 1. The number of rotatable bonds is 6. The highest BCUT2D eigenvalue weighted by Crippen LogP contribution is 2.26. The molecule has 3 amide bonds.